The van der Waals surface area contributed by atoms with Crippen molar-refractivity contribution >= 4 is 27.8 Å². The summed E-state index contributed by atoms with van der Waals surface area (Å²) in [5.41, 5.74) is 9.02. The van der Waals surface area contributed by atoms with Crippen LogP contribution in [0.1, 0.15) is 25.0 Å². The van der Waals surface area contributed by atoms with Gasteiger partial charge in [0.25, 0.3) is 0 Å². The summed E-state index contributed by atoms with van der Waals surface area (Å²) >= 11 is 0. The fourth-order valence-corrected chi connectivity index (χ4v) is 5.40. The predicted octanol–water partition coefficient (Wildman–Crippen LogP) is 8.62. The summed E-state index contributed by atoms with van der Waals surface area (Å²) in [7, 11) is 0. The van der Waals surface area contributed by atoms with Crippen molar-refractivity contribution < 1.29 is 0 Å². The third kappa shape index (κ3) is 2.71. The van der Waals surface area contributed by atoms with Gasteiger partial charge in [-0.05, 0) is 58.0 Å². The maximum Gasteiger partial charge on any atom is 0.0543 e. The van der Waals surface area contributed by atoms with Gasteiger partial charge in [0.05, 0.1) is 5.69 Å². The molecule has 5 aromatic carbocycles. The number of rotatable bonds is 3. The van der Waals surface area contributed by atoms with Gasteiger partial charge < -0.3 is 4.90 Å². The first-order valence-electron chi connectivity index (χ1n) is 11.2. The monoisotopic (exact) mass is 411 g/mol. The molecule has 0 aromatic heterocycles. The number of benzene rings is 5. The summed E-state index contributed by atoms with van der Waals surface area (Å²) < 4.78 is 0. The van der Waals surface area contributed by atoms with Gasteiger partial charge >= 0.3 is 0 Å². The number of anilines is 3. The quantitative estimate of drug-likeness (QED) is 0.287. The smallest absolute Gasteiger partial charge is 0.0543 e. The molecule has 0 saturated heterocycles. The molecule has 154 valence electrons. The van der Waals surface area contributed by atoms with Gasteiger partial charge in [-0.1, -0.05) is 98.8 Å². The van der Waals surface area contributed by atoms with E-state index in [1.165, 1.54) is 38.7 Å². The molecule has 0 radical (unpaired) electrons. The first kappa shape index (κ1) is 18.9. The lowest BCUT2D eigenvalue weighted by Gasteiger charge is -2.30. The van der Waals surface area contributed by atoms with Crippen LogP contribution in [0, 0.1) is 0 Å². The molecule has 0 bridgehead atoms. The van der Waals surface area contributed by atoms with Gasteiger partial charge in [-0.3, -0.25) is 0 Å². The molecule has 0 heterocycles. The van der Waals surface area contributed by atoms with Crippen LogP contribution in [0.3, 0.4) is 0 Å². The molecule has 0 saturated carbocycles. The van der Waals surface area contributed by atoms with Crippen LogP contribution in [-0.2, 0) is 5.41 Å². The summed E-state index contributed by atoms with van der Waals surface area (Å²) in [6.07, 6.45) is 0. The Bertz CT molecular complexity index is 1390. The molecular formula is C31H25N. The van der Waals surface area contributed by atoms with E-state index < -0.39 is 0 Å². The van der Waals surface area contributed by atoms with Crippen LogP contribution in [0.4, 0.5) is 17.1 Å². The Labute approximate surface area is 189 Å². The lowest BCUT2D eigenvalue weighted by Crippen LogP contribution is -2.17. The van der Waals surface area contributed by atoms with Crippen LogP contribution in [0.5, 0.6) is 0 Å². The summed E-state index contributed by atoms with van der Waals surface area (Å²) in [6, 6.07) is 41.5. The largest absolute Gasteiger partial charge is 0.310 e. The third-order valence-electron chi connectivity index (χ3n) is 6.81. The highest BCUT2D eigenvalue weighted by molar-refractivity contribution is 6.06. The van der Waals surface area contributed by atoms with E-state index in [0.717, 1.165) is 11.4 Å². The van der Waals surface area contributed by atoms with Crippen LogP contribution in [0.25, 0.3) is 21.9 Å². The molecule has 0 spiro atoms. The lowest BCUT2D eigenvalue weighted by atomic mass is 9.79. The van der Waals surface area contributed by atoms with Gasteiger partial charge in [0.2, 0.25) is 0 Å². The second kappa shape index (κ2) is 7.10. The summed E-state index contributed by atoms with van der Waals surface area (Å²) in [4.78, 5) is 2.39. The van der Waals surface area contributed by atoms with Gasteiger partial charge in [0.15, 0.2) is 0 Å². The number of fused-ring (bicyclic) bond motifs is 5. The summed E-state index contributed by atoms with van der Waals surface area (Å²) in [6.45, 7) is 4.73. The average molecular weight is 412 g/mol. The SMILES string of the molecule is CC1(C)c2ccccc2-c2ccc3cccc(N(c4ccccc4)c4ccccc4)c3c21. The fraction of sp³-hybridized carbons (Fsp3) is 0.0968. The van der Waals surface area contributed by atoms with Gasteiger partial charge in [-0.15, -0.1) is 0 Å². The van der Waals surface area contributed by atoms with Gasteiger partial charge in [-0.25, -0.2) is 0 Å². The lowest BCUT2D eigenvalue weighted by molar-refractivity contribution is 0.666. The van der Waals surface area contributed by atoms with E-state index in [2.05, 4.69) is 134 Å². The van der Waals surface area contributed by atoms with E-state index in [0.29, 0.717) is 0 Å². The van der Waals surface area contributed by atoms with E-state index in [9.17, 15) is 0 Å². The van der Waals surface area contributed by atoms with E-state index in [1.54, 1.807) is 0 Å². The van der Waals surface area contributed by atoms with Crippen LogP contribution >= 0.6 is 0 Å². The Hall–Kier alpha value is -3.84. The van der Waals surface area contributed by atoms with Crippen molar-refractivity contribution in [1.82, 2.24) is 0 Å². The highest BCUT2D eigenvalue weighted by atomic mass is 15.1. The maximum atomic E-state index is 2.39. The Morgan fingerprint density at radius 2 is 1.16 bits per heavy atom. The molecule has 0 N–H and O–H groups in total. The van der Waals surface area contributed by atoms with Crippen molar-refractivity contribution in [3.63, 3.8) is 0 Å². The molecule has 32 heavy (non-hydrogen) atoms. The highest BCUT2D eigenvalue weighted by Crippen LogP contribution is 2.53. The Kier molecular flexibility index (Phi) is 4.19. The van der Waals surface area contributed by atoms with Crippen molar-refractivity contribution in [2.45, 2.75) is 19.3 Å². The van der Waals surface area contributed by atoms with Crippen molar-refractivity contribution in [3.8, 4) is 11.1 Å². The first-order chi connectivity index (χ1) is 15.7. The highest BCUT2D eigenvalue weighted by Gasteiger charge is 2.37. The maximum absolute atomic E-state index is 2.39. The van der Waals surface area contributed by atoms with E-state index in [1.807, 2.05) is 0 Å². The molecule has 6 rings (SSSR count). The molecule has 0 fully saturated rings. The molecule has 1 heteroatoms. The minimum absolute atomic E-state index is 0.0689. The van der Waals surface area contributed by atoms with Crippen molar-refractivity contribution in [2.24, 2.45) is 0 Å². The van der Waals surface area contributed by atoms with Gasteiger partial charge in [0, 0.05) is 22.2 Å². The van der Waals surface area contributed by atoms with Crippen LogP contribution < -0.4 is 4.90 Å². The second-order valence-electron chi connectivity index (χ2n) is 9.04. The topological polar surface area (TPSA) is 3.24 Å². The molecule has 0 aliphatic heterocycles. The zero-order valence-electron chi connectivity index (χ0n) is 18.4. The zero-order valence-corrected chi connectivity index (χ0v) is 18.4. The Morgan fingerprint density at radius 3 is 1.84 bits per heavy atom. The molecule has 1 aliphatic carbocycles. The standard InChI is InChI=1S/C31H25N/c1-31(2)27-18-10-9-17-25(27)26-21-20-22-12-11-19-28(29(22)30(26)31)32(23-13-5-3-6-14-23)24-15-7-4-8-16-24/h3-21H,1-2H3. The number of nitrogens with zero attached hydrogens (tertiary/aromatic N) is 1. The fourth-order valence-electron chi connectivity index (χ4n) is 5.40. The van der Waals surface area contributed by atoms with Crippen LogP contribution in [0.2, 0.25) is 0 Å². The van der Waals surface area contributed by atoms with Crippen molar-refractivity contribution in [2.75, 3.05) is 4.90 Å². The molecule has 0 atom stereocenters. The Balaban J connectivity index is 1.71. The van der Waals surface area contributed by atoms with E-state index in [-0.39, 0.29) is 5.41 Å². The normalized spacial score (nSPS) is 13.6. The minimum atomic E-state index is -0.0689. The number of para-hydroxylation sites is 2. The number of hydrogen-bond donors (Lipinski definition) is 0. The van der Waals surface area contributed by atoms with Crippen molar-refractivity contribution in [3.05, 3.63) is 126 Å². The first-order valence-corrected chi connectivity index (χ1v) is 11.2. The molecule has 0 amide bonds. The molecule has 1 aliphatic rings. The molecule has 0 unspecified atom stereocenters. The predicted molar refractivity (Wildman–Crippen MR) is 136 cm³/mol. The zero-order chi connectivity index (χ0) is 21.7. The number of hydrogen-bond acceptors (Lipinski definition) is 1. The molecule has 1 nitrogen and oxygen atoms in total. The van der Waals surface area contributed by atoms with Crippen LogP contribution in [0.15, 0.2) is 115 Å². The Morgan fingerprint density at radius 1 is 0.531 bits per heavy atom. The van der Waals surface area contributed by atoms with Gasteiger partial charge in [0.1, 0.15) is 0 Å². The molecule has 5 aromatic rings. The van der Waals surface area contributed by atoms with E-state index in [4.69, 9.17) is 0 Å². The second-order valence-corrected chi connectivity index (χ2v) is 9.04. The average Bonchev–Trinajstić information content (AvgIpc) is 3.08. The van der Waals surface area contributed by atoms with Crippen LogP contribution in [-0.4, -0.2) is 0 Å². The third-order valence-corrected chi connectivity index (χ3v) is 6.81. The molecular weight excluding hydrogens is 386 g/mol. The van der Waals surface area contributed by atoms with E-state index >= 15 is 0 Å². The van der Waals surface area contributed by atoms with Crippen molar-refractivity contribution in [1.29, 1.82) is 0 Å². The summed E-state index contributed by atoms with van der Waals surface area (Å²) in [5.74, 6) is 0. The van der Waals surface area contributed by atoms with Gasteiger partial charge in [-0.2, -0.15) is 0 Å². The summed E-state index contributed by atoms with van der Waals surface area (Å²) in [5, 5.41) is 2.61. The minimum Gasteiger partial charge on any atom is -0.310 e.